The molecule has 0 aliphatic rings. The van der Waals surface area contributed by atoms with E-state index in [9.17, 15) is 44.3 Å². The quantitative estimate of drug-likeness (QED) is 0.628. The SMILES string of the molecule is N=C(C(CC(=O)C(F)(F)F)C(F)(F)F)C(F)(F)F. The van der Waals surface area contributed by atoms with Crippen molar-refractivity contribution in [2.45, 2.75) is 24.9 Å². The van der Waals surface area contributed by atoms with E-state index >= 15 is 0 Å². The Labute approximate surface area is 93.3 Å². The summed E-state index contributed by atoms with van der Waals surface area (Å²) >= 11 is 0. The summed E-state index contributed by atoms with van der Waals surface area (Å²) < 4.78 is 107. The number of Topliss-reactive ketones (excluding diaryl/α,β-unsaturated/α-hetero) is 1. The first-order valence-electron chi connectivity index (χ1n) is 3.99. The molecule has 0 bridgehead atoms. The van der Waals surface area contributed by atoms with Gasteiger partial charge in [-0.15, -0.1) is 0 Å². The Morgan fingerprint density at radius 3 is 1.50 bits per heavy atom. The van der Waals surface area contributed by atoms with Crippen LogP contribution in [-0.2, 0) is 4.79 Å². The molecule has 106 valence electrons. The van der Waals surface area contributed by atoms with Crippen molar-refractivity contribution in [1.82, 2.24) is 0 Å². The first-order chi connectivity index (χ1) is 7.67. The van der Waals surface area contributed by atoms with Crippen molar-refractivity contribution in [2.24, 2.45) is 5.92 Å². The van der Waals surface area contributed by atoms with Crippen LogP contribution in [0.15, 0.2) is 0 Å². The lowest BCUT2D eigenvalue weighted by molar-refractivity contribution is -0.187. The molecule has 18 heavy (non-hydrogen) atoms. The molecular weight excluding hydrogens is 285 g/mol. The Bertz CT molecular complexity index is 336. The van der Waals surface area contributed by atoms with Crippen LogP contribution in [0, 0.1) is 11.3 Å². The van der Waals surface area contributed by atoms with Gasteiger partial charge in [-0.2, -0.15) is 39.5 Å². The van der Waals surface area contributed by atoms with Gasteiger partial charge in [0.25, 0.3) is 0 Å². The van der Waals surface area contributed by atoms with Crippen LogP contribution in [-0.4, -0.2) is 30.0 Å². The zero-order valence-corrected chi connectivity index (χ0v) is 8.09. The molecule has 0 radical (unpaired) electrons. The van der Waals surface area contributed by atoms with Crippen LogP contribution < -0.4 is 0 Å². The van der Waals surface area contributed by atoms with Crippen molar-refractivity contribution in [3.05, 3.63) is 0 Å². The number of carbonyl (C=O) groups excluding carboxylic acids is 1. The molecule has 0 aromatic heterocycles. The third-order valence-corrected chi connectivity index (χ3v) is 1.75. The molecule has 2 nitrogen and oxygen atoms in total. The minimum Gasteiger partial charge on any atom is -0.300 e. The summed E-state index contributed by atoms with van der Waals surface area (Å²) in [5.41, 5.74) is -2.94. The molecule has 0 spiro atoms. The highest BCUT2D eigenvalue weighted by Gasteiger charge is 2.54. The van der Waals surface area contributed by atoms with Gasteiger partial charge in [0.2, 0.25) is 5.78 Å². The van der Waals surface area contributed by atoms with Gasteiger partial charge in [0, 0.05) is 6.42 Å². The molecule has 1 N–H and O–H groups in total. The number of hydrogen-bond acceptors (Lipinski definition) is 2. The Balaban J connectivity index is 5.19. The highest BCUT2D eigenvalue weighted by atomic mass is 19.4. The minimum absolute atomic E-state index is 2.49. The smallest absolute Gasteiger partial charge is 0.300 e. The van der Waals surface area contributed by atoms with Crippen molar-refractivity contribution in [3.63, 3.8) is 0 Å². The third kappa shape index (κ3) is 4.53. The van der Waals surface area contributed by atoms with E-state index in [2.05, 4.69) is 0 Å². The van der Waals surface area contributed by atoms with E-state index in [1.54, 1.807) is 0 Å². The average molecular weight is 289 g/mol. The van der Waals surface area contributed by atoms with E-state index in [4.69, 9.17) is 5.41 Å². The van der Waals surface area contributed by atoms with Crippen LogP contribution in [0.1, 0.15) is 6.42 Å². The summed E-state index contributed by atoms with van der Waals surface area (Å²) in [4.78, 5) is 10.3. The van der Waals surface area contributed by atoms with Gasteiger partial charge in [-0.25, -0.2) is 0 Å². The Kier molecular flexibility index (Phi) is 4.42. The molecule has 0 aliphatic heterocycles. The molecule has 0 rings (SSSR count). The molecule has 0 heterocycles. The molecule has 0 aliphatic carbocycles. The van der Waals surface area contributed by atoms with Crippen LogP contribution in [0.4, 0.5) is 39.5 Å². The summed E-state index contributed by atoms with van der Waals surface area (Å²) in [5.74, 6) is -6.80. The topological polar surface area (TPSA) is 40.9 Å². The van der Waals surface area contributed by atoms with Crippen LogP contribution in [0.2, 0.25) is 0 Å². The highest BCUT2D eigenvalue weighted by Crippen LogP contribution is 2.37. The molecular formula is C7H4F9NO. The first-order valence-corrected chi connectivity index (χ1v) is 3.99. The predicted octanol–water partition coefficient (Wildman–Crippen LogP) is 3.27. The van der Waals surface area contributed by atoms with Gasteiger partial charge in [-0.1, -0.05) is 0 Å². The van der Waals surface area contributed by atoms with E-state index in [1.165, 1.54) is 0 Å². The number of carbonyl (C=O) groups is 1. The molecule has 0 fully saturated rings. The fourth-order valence-electron chi connectivity index (χ4n) is 0.880. The fraction of sp³-hybridized carbons (Fsp3) is 0.714. The number of rotatable bonds is 3. The summed E-state index contributed by atoms with van der Waals surface area (Å²) in [6.07, 6.45) is -19.7. The number of hydrogen-bond donors (Lipinski definition) is 1. The van der Waals surface area contributed by atoms with Crippen LogP contribution in [0.5, 0.6) is 0 Å². The monoisotopic (exact) mass is 289 g/mol. The van der Waals surface area contributed by atoms with Crippen LogP contribution in [0.3, 0.4) is 0 Å². The fourth-order valence-corrected chi connectivity index (χ4v) is 0.880. The summed E-state index contributed by atoms with van der Waals surface area (Å²) in [5, 5.41) is 6.19. The van der Waals surface area contributed by atoms with Gasteiger partial charge in [0.05, 0.1) is 0 Å². The second-order valence-electron chi connectivity index (χ2n) is 3.13. The van der Waals surface area contributed by atoms with Gasteiger partial charge in [-0.05, 0) is 0 Å². The molecule has 0 saturated carbocycles. The summed E-state index contributed by atoms with van der Waals surface area (Å²) in [7, 11) is 0. The van der Waals surface area contributed by atoms with Crippen LogP contribution in [0.25, 0.3) is 0 Å². The van der Waals surface area contributed by atoms with Crippen molar-refractivity contribution < 1.29 is 44.3 Å². The second kappa shape index (κ2) is 4.76. The highest BCUT2D eigenvalue weighted by molar-refractivity contribution is 5.95. The second-order valence-corrected chi connectivity index (χ2v) is 3.13. The molecule has 11 heteroatoms. The molecule has 0 aromatic rings. The standard InChI is InChI=1S/C7H4F9NO/c8-5(9,10)2(4(17)7(14,15)16)1-3(18)6(11,12)13/h2,17H,1H2. The maximum absolute atomic E-state index is 12.1. The van der Waals surface area contributed by atoms with Crippen molar-refractivity contribution in [2.75, 3.05) is 0 Å². The van der Waals surface area contributed by atoms with E-state index in [0.29, 0.717) is 0 Å². The largest absolute Gasteiger partial charge is 0.450 e. The predicted molar refractivity (Wildman–Crippen MR) is 39.0 cm³/mol. The van der Waals surface area contributed by atoms with Gasteiger partial charge in [-0.3, -0.25) is 10.2 Å². The van der Waals surface area contributed by atoms with Gasteiger partial charge < -0.3 is 0 Å². The number of halogens is 9. The lowest BCUT2D eigenvalue weighted by Gasteiger charge is -2.22. The van der Waals surface area contributed by atoms with Gasteiger partial charge >= 0.3 is 18.5 Å². The average Bonchev–Trinajstić information content (AvgIpc) is 2.07. The lowest BCUT2D eigenvalue weighted by atomic mass is 9.95. The number of nitrogens with one attached hydrogen (secondary N) is 1. The van der Waals surface area contributed by atoms with Gasteiger partial charge in [0.15, 0.2) is 0 Å². The molecule has 1 unspecified atom stereocenters. The maximum atomic E-state index is 12.1. The van der Waals surface area contributed by atoms with E-state index in [-0.39, 0.29) is 0 Å². The Morgan fingerprint density at radius 1 is 0.889 bits per heavy atom. The maximum Gasteiger partial charge on any atom is 0.450 e. The zero-order valence-electron chi connectivity index (χ0n) is 8.09. The Hall–Kier alpha value is -1.29. The van der Waals surface area contributed by atoms with Crippen molar-refractivity contribution in [3.8, 4) is 0 Å². The van der Waals surface area contributed by atoms with Gasteiger partial charge in [0.1, 0.15) is 11.6 Å². The van der Waals surface area contributed by atoms with Crippen molar-refractivity contribution >= 4 is 11.5 Å². The first kappa shape index (κ1) is 16.7. The number of ketones is 1. The Morgan fingerprint density at radius 2 is 1.28 bits per heavy atom. The van der Waals surface area contributed by atoms with Crippen molar-refractivity contribution in [1.29, 1.82) is 5.41 Å². The van der Waals surface area contributed by atoms with E-state index < -0.39 is 42.4 Å². The normalized spacial score (nSPS) is 15.4. The van der Waals surface area contributed by atoms with E-state index in [0.717, 1.165) is 0 Å². The molecule has 0 aromatic carbocycles. The summed E-state index contributed by atoms with van der Waals surface area (Å²) in [6.45, 7) is 0. The molecule has 1 atom stereocenters. The minimum atomic E-state index is -5.77. The van der Waals surface area contributed by atoms with Crippen LogP contribution >= 0.6 is 0 Å². The third-order valence-electron chi connectivity index (χ3n) is 1.75. The molecule has 0 amide bonds. The lowest BCUT2D eigenvalue weighted by Crippen LogP contribution is -2.42. The number of alkyl halides is 9. The zero-order chi connectivity index (χ0) is 14.9. The van der Waals surface area contributed by atoms with E-state index in [1.807, 2.05) is 0 Å². The summed E-state index contributed by atoms with van der Waals surface area (Å²) in [6, 6.07) is 0. The molecule has 0 saturated heterocycles.